The molecule has 0 amide bonds. The second-order valence-electron chi connectivity index (χ2n) is 5.73. The van der Waals surface area contributed by atoms with Gasteiger partial charge >= 0.3 is 0 Å². The number of nitrogens with zero attached hydrogens (tertiary/aromatic N) is 1. The first-order valence-electron chi connectivity index (χ1n) is 7.88. The molecule has 0 spiro atoms. The van der Waals surface area contributed by atoms with Crippen LogP contribution in [-0.4, -0.2) is 34.4 Å². The molecule has 124 valence electrons. The van der Waals surface area contributed by atoms with E-state index in [0.717, 1.165) is 17.9 Å². The highest BCUT2D eigenvalue weighted by atomic mass is 16.5. The minimum absolute atomic E-state index is 0.303. The maximum Gasteiger partial charge on any atom is 0.122 e. The zero-order chi connectivity index (χ0) is 16.7. The molecule has 2 rings (SSSR count). The summed E-state index contributed by atoms with van der Waals surface area (Å²) in [5, 5.41) is 0. The summed E-state index contributed by atoms with van der Waals surface area (Å²) in [6.45, 7) is 1.24. The van der Waals surface area contributed by atoms with Crippen LogP contribution in [0.3, 0.4) is 0 Å². The Balaban J connectivity index is 1.91. The van der Waals surface area contributed by atoms with Crippen LogP contribution < -0.4 is 20.1 Å². The van der Waals surface area contributed by atoms with E-state index in [-0.39, 0.29) is 0 Å². The van der Waals surface area contributed by atoms with Gasteiger partial charge < -0.3 is 20.1 Å². The van der Waals surface area contributed by atoms with E-state index in [0.29, 0.717) is 19.1 Å². The molecule has 0 aliphatic carbocycles. The summed E-state index contributed by atoms with van der Waals surface area (Å²) in [4.78, 5) is 2.09. The Morgan fingerprint density at radius 2 is 1.74 bits per heavy atom. The lowest BCUT2D eigenvalue weighted by Crippen LogP contribution is -2.16. The molecule has 23 heavy (non-hydrogen) atoms. The van der Waals surface area contributed by atoms with E-state index in [4.69, 9.17) is 15.2 Å². The molecule has 4 nitrogen and oxygen atoms in total. The molecule has 2 aromatic rings. The van der Waals surface area contributed by atoms with Gasteiger partial charge in [-0.25, -0.2) is 0 Å². The van der Waals surface area contributed by atoms with Crippen molar-refractivity contribution >= 4 is 5.69 Å². The third-order valence-electron chi connectivity index (χ3n) is 3.94. The second-order valence-corrected chi connectivity index (χ2v) is 5.73. The van der Waals surface area contributed by atoms with Crippen molar-refractivity contribution in [2.75, 3.05) is 39.3 Å². The van der Waals surface area contributed by atoms with Crippen LogP contribution in [0.15, 0.2) is 48.5 Å². The molecular formula is C19H26N2O2. The molecule has 0 fully saturated rings. The molecular weight excluding hydrogens is 288 g/mol. The zero-order valence-electron chi connectivity index (χ0n) is 14.2. The molecule has 0 aliphatic rings. The average molecular weight is 314 g/mol. The molecule has 2 aromatic carbocycles. The predicted molar refractivity (Wildman–Crippen MR) is 95.7 cm³/mol. The van der Waals surface area contributed by atoms with E-state index in [9.17, 15) is 0 Å². The first-order chi connectivity index (χ1) is 11.1. The summed E-state index contributed by atoms with van der Waals surface area (Å²) >= 11 is 0. The first-order valence-corrected chi connectivity index (χ1v) is 7.88. The maximum atomic E-state index is 5.94. The number of anilines is 1. The van der Waals surface area contributed by atoms with E-state index in [1.54, 1.807) is 7.11 Å². The lowest BCUT2D eigenvalue weighted by atomic mass is 9.96. The Morgan fingerprint density at radius 1 is 1.04 bits per heavy atom. The Hall–Kier alpha value is -2.20. The quantitative estimate of drug-likeness (QED) is 0.812. The monoisotopic (exact) mass is 314 g/mol. The smallest absolute Gasteiger partial charge is 0.122 e. The summed E-state index contributed by atoms with van der Waals surface area (Å²) < 4.78 is 11.0. The summed E-state index contributed by atoms with van der Waals surface area (Å²) in [6.07, 6.45) is 0.884. The minimum Gasteiger partial charge on any atom is -0.497 e. The van der Waals surface area contributed by atoms with Gasteiger partial charge in [-0.05, 0) is 48.7 Å². The third kappa shape index (κ3) is 4.89. The number of ether oxygens (including phenoxy) is 2. The van der Waals surface area contributed by atoms with Crippen LogP contribution in [0.4, 0.5) is 5.69 Å². The highest BCUT2D eigenvalue weighted by Crippen LogP contribution is 2.23. The lowest BCUT2D eigenvalue weighted by Gasteiger charge is -2.18. The zero-order valence-corrected chi connectivity index (χ0v) is 14.2. The molecule has 0 radical (unpaired) electrons. The number of benzene rings is 2. The molecule has 0 saturated heterocycles. The highest BCUT2D eigenvalue weighted by molar-refractivity contribution is 5.46. The lowest BCUT2D eigenvalue weighted by molar-refractivity contribution is 0.296. The molecule has 0 heterocycles. The van der Waals surface area contributed by atoms with Gasteiger partial charge in [-0.1, -0.05) is 18.2 Å². The fourth-order valence-electron chi connectivity index (χ4n) is 2.48. The van der Waals surface area contributed by atoms with Gasteiger partial charge in [0.05, 0.1) is 13.7 Å². The van der Waals surface area contributed by atoms with Crippen LogP contribution in [0.5, 0.6) is 11.5 Å². The van der Waals surface area contributed by atoms with Crippen LogP contribution in [0.1, 0.15) is 17.9 Å². The standard InChI is InChI=1S/C19H26N2O2/c1-21(2)17-9-7-15(8-10-17)16(14-20)11-12-23-19-6-4-5-18(13-19)22-3/h4-10,13,16H,11-12,14,20H2,1-3H3. The Labute approximate surface area is 138 Å². The van der Waals surface area contributed by atoms with Crippen molar-refractivity contribution in [3.63, 3.8) is 0 Å². The fraction of sp³-hybridized carbons (Fsp3) is 0.368. The van der Waals surface area contributed by atoms with Gasteiger partial charge in [0.25, 0.3) is 0 Å². The number of rotatable bonds is 8. The predicted octanol–water partition coefficient (Wildman–Crippen LogP) is 3.27. The average Bonchev–Trinajstić information content (AvgIpc) is 2.59. The number of hydrogen-bond donors (Lipinski definition) is 1. The second kappa shape index (κ2) is 8.44. The van der Waals surface area contributed by atoms with Crippen molar-refractivity contribution in [1.29, 1.82) is 0 Å². The van der Waals surface area contributed by atoms with Crippen LogP contribution in [-0.2, 0) is 0 Å². The van der Waals surface area contributed by atoms with Gasteiger partial charge in [0, 0.05) is 25.8 Å². The van der Waals surface area contributed by atoms with Crippen molar-refractivity contribution in [1.82, 2.24) is 0 Å². The van der Waals surface area contributed by atoms with Crippen molar-refractivity contribution in [3.05, 3.63) is 54.1 Å². The molecule has 1 atom stereocenters. The van der Waals surface area contributed by atoms with Crippen LogP contribution in [0.2, 0.25) is 0 Å². The van der Waals surface area contributed by atoms with Crippen molar-refractivity contribution < 1.29 is 9.47 Å². The number of methoxy groups -OCH3 is 1. The summed E-state index contributed by atoms with van der Waals surface area (Å²) in [7, 11) is 5.73. The van der Waals surface area contributed by atoms with E-state index < -0.39 is 0 Å². The Morgan fingerprint density at radius 3 is 2.35 bits per heavy atom. The normalized spacial score (nSPS) is 11.8. The van der Waals surface area contributed by atoms with Gasteiger partial charge in [-0.3, -0.25) is 0 Å². The summed E-state index contributed by atoms with van der Waals surface area (Å²) in [6, 6.07) is 16.2. The fourth-order valence-corrected chi connectivity index (χ4v) is 2.48. The minimum atomic E-state index is 0.303. The van der Waals surface area contributed by atoms with Crippen LogP contribution in [0.25, 0.3) is 0 Å². The molecule has 4 heteroatoms. The molecule has 0 bridgehead atoms. The highest BCUT2D eigenvalue weighted by Gasteiger charge is 2.10. The third-order valence-corrected chi connectivity index (χ3v) is 3.94. The van der Waals surface area contributed by atoms with Gasteiger partial charge in [0.15, 0.2) is 0 Å². The number of nitrogens with two attached hydrogens (primary N) is 1. The van der Waals surface area contributed by atoms with E-state index >= 15 is 0 Å². The van der Waals surface area contributed by atoms with Gasteiger partial charge in [-0.15, -0.1) is 0 Å². The van der Waals surface area contributed by atoms with Crippen LogP contribution >= 0.6 is 0 Å². The van der Waals surface area contributed by atoms with E-state index in [1.165, 1.54) is 11.3 Å². The van der Waals surface area contributed by atoms with Gasteiger partial charge in [0.1, 0.15) is 11.5 Å². The topological polar surface area (TPSA) is 47.7 Å². The molecule has 1 unspecified atom stereocenters. The summed E-state index contributed by atoms with van der Waals surface area (Å²) in [5.74, 6) is 1.93. The SMILES string of the molecule is COc1cccc(OCCC(CN)c2ccc(N(C)C)cc2)c1. The molecule has 2 N–H and O–H groups in total. The molecule has 0 aliphatic heterocycles. The van der Waals surface area contributed by atoms with Gasteiger partial charge in [0.2, 0.25) is 0 Å². The van der Waals surface area contributed by atoms with E-state index in [2.05, 4.69) is 29.2 Å². The first kappa shape index (κ1) is 17.2. The van der Waals surface area contributed by atoms with Crippen molar-refractivity contribution in [2.24, 2.45) is 5.73 Å². The van der Waals surface area contributed by atoms with Gasteiger partial charge in [-0.2, -0.15) is 0 Å². The Bertz CT molecular complexity index is 597. The van der Waals surface area contributed by atoms with Crippen molar-refractivity contribution in [3.8, 4) is 11.5 Å². The maximum absolute atomic E-state index is 5.94. The number of hydrogen-bond acceptors (Lipinski definition) is 4. The van der Waals surface area contributed by atoms with Crippen LogP contribution in [0, 0.1) is 0 Å². The van der Waals surface area contributed by atoms with Crippen molar-refractivity contribution in [2.45, 2.75) is 12.3 Å². The molecule has 0 aromatic heterocycles. The van der Waals surface area contributed by atoms with E-state index in [1.807, 2.05) is 38.4 Å². The largest absolute Gasteiger partial charge is 0.497 e. The molecule has 0 saturated carbocycles. The Kier molecular flexibility index (Phi) is 6.29. The summed E-state index contributed by atoms with van der Waals surface area (Å²) in [5.41, 5.74) is 8.39.